The number of nitrogens with one attached hydrogen (secondary N) is 2. The molecule has 35 heavy (non-hydrogen) atoms. The maximum atomic E-state index is 12.7. The molecule has 8 heteroatoms. The van der Waals surface area contributed by atoms with Crippen LogP contribution in [0.2, 0.25) is 0 Å². The topological polar surface area (TPSA) is 108 Å². The van der Waals surface area contributed by atoms with Gasteiger partial charge in [0, 0.05) is 37.3 Å². The van der Waals surface area contributed by atoms with Gasteiger partial charge in [-0.05, 0) is 70.0 Å². The molecule has 0 aliphatic heterocycles. The van der Waals surface area contributed by atoms with E-state index in [0.717, 1.165) is 6.42 Å². The first-order valence-electron chi connectivity index (χ1n) is 14.1. The smallest absolute Gasteiger partial charge is 0.410 e. The summed E-state index contributed by atoms with van der Waals surface area (Å²) in [6.45, 7) is 6.08. The Labute approximate surface area is 214 Å². The van der Waals surface area contributed by atoms with Crippen LogP contribution in [0.1, 0.15) is 70.1 Å². The van der Waals surface area contributed by atoms with Crippen molar-refractivity contribution in [1.82, 2.24) is 10.2 Å². The molecule has 0 unspecified atom stereocenters. The minimum absolute atomic E-state index is 0.0589. The van der Waals surface area contributed by atoms with Crippen molar-refractivity contribution in [2.24, 2.45) is 0 Å². The third kappa shape index (κ3) is 11.4. The van der Waals surface area contributed by atoms with Gasteiger partial charge >= 0.3 is 6.09 Å². The predicted octanol–water partition coefficient (Wildman–Crippen LogP) is 4.95. The van der Waals surface area contributed by atoms with Gasteiger partial charge in [-0.15, -0.1) is 0 Å². The van der Waals surface area contributed by atoms with Crippen molar-refractivity contribution < 1.29 is 31.1 Å². The average Bonchev–Trinajstić information content (AvgIpc) is 2.87. The van der Waals surface area contributed by atoms with Gasteiger partial charge in [0.25, 0.3) is 5.91 Å². The van der Waals surface area contributed by atoms with Crippen LogP contribution in [0.3, 0.4) is 0 Å². The van der Waals surface area contributed by atoms with Crippen molar-refractivity contribution in [2.75, 3.05) is 25.0 Å². The van der Waals surface area contributed by atoms with Crippen molar-refractivity contribution >= 4 is 23.6 Å². The van der Waals surface area contributed by atoms with Gasteiger partial charge in [0.1, 0.15) is 11.4 Å². The van der Waals surface area contributed by atoms with Crippen molar-refractivity contribution in [2.45, 2.75) is 58.5 Å². The van der Waals surface area contributed by atoms with Gasteiger partial charge < -0.3 is 25.4 Å². The number of nitrogens with zero attached hydrogens (tertiary/aromatic N) is 1. The van der Waals surface area contributed by atoms with Crippen LogP contribution in [-0.4, -0.2) is 53.1 Å². The van der Waals surface area contributed by atoms with Crippen LogP contribution in [0, 0.1) is 0 Å². The fraction of sp³-hybridized carbons (Fsp3) is 0.444. The molecule has 0 aliphatic carbocycles. The fourth-order valence-corrected chi connectivity index (χ4v) is 3.06. The molecule has 2 aromatic carbocycles. The number of ether oxygens (including phenoxy) is 1. The first-order valence-corrected chi connectivity index (χ1v) is 11.6. The number of anilines is 1. The zero-order valence-corrected chi connectivity index (χ0v) is 20.5. The minimum Gasteiger partial charge on any atom is -0.508 e. The summed E-state index contributed by atoms with van der Waals surface area (Å²) in [6, 6.07) is 3.33. The lowest BCUT2D eigenvalue weighted by Crippen LogP contribution is -2.39. The minimum atomic E-state index is -0.723. The SMILES string of the molecule is [2H]c1c([2H])c([2H])c(C(=O)NCCCCCCN(CCC(=O)Nc2ccc(O)cc2)C(=O)OC(C)(C)C)c([2H])c1[2H]. The number of hydrogen-bond donors (Lipinski definition) is 3. The Hall–Kier alpha value is -3.55. The average molecular weight is 489 g/mol. The van der Waals surface area contributed by atoms with Gasteiger partial charge in [-0.3, -0.25) is 9.59 Å². The van der Waals surface area contributed by atoms with E-state index in [1.54, 1.807) is 32.9 Å². The zero-order valence-electron chi connectivity index (χ0n) is 25.5. The summed E-state index contributed by atoms with van der Waals surface area (Å²) in [6.07, 6.45) is 2.20. The number of rotatable bonds is 12. The number of unbranched alkanes of at least 4 members (excludes halogenated alkanes) is 3. The van der Waals surface area contributed by atoms with E-state index in [1.807, 2.05) is 0 Å². The third-order valence-electron chi connectivity index (χ3n) is 4.78. The van der Waals surface area contributed by atoms with Crippen molar-refractivity contribution in [3.8, 4) is 5.75 Å². The highest BCUT2D eigenvalue weighted by Gasteiger charge is 2.22. The Kier molecular flexibility index (Phi) is 8.31. The molecule has 2 aromatic rings. The highest BCUT2D eigenvalue weighted by molar-refractivity contribution is 5.94. The van der Waals surface area contributed by atoms with Crippen LogP contribution in [0.5, 0.6) is 5.75 Å². The largest absolute Gasteiger partial charge is 0.508 e. The number of amides is 3. The summed E-state index contributed by atoms with van der Waals surface area (Å²) < 4.78 is 44.2. The molecule has 0 aromatic heterocycles. The predicted molar refractivity (Wildman–Crippen MR) is 136 cm³/mol. The van der Waals surface area contributed by atoms with E-state index < -0.39 is 47.8 Å². The van der Waals surface area contributed by atoms with Crippen LogP contribution >= 0.6 is 0 Å². The van der Waals surface area contributed by atoms with E-state index >= 15 is 0 Å². The summed E-state index contributed by atoms with van der Waals surface area (Å²) >= 11 is 0. The molecule has 0 radical (unpaired) electrons. The quantitative estimate of drug-likeness (QED) is 0.289. The Bertz CT molecular complexity index is 1170. The molecule has 2 rings (SSSR count). The molecule has 0 bridgehead atoms. The molecular weight excluding hydrogens is 446 g/mol. The second kappa shape index (κ2) is 14.0. The van der Waals surface area contributed by atoms with Crippen LogP contribution in [-0.2, 0) is 9.53 Å². The van der Waals surface area contributed by atoms with Gasteiger partial charge in [0.05, 0.1) is 6.85 Å². The molecular formula is C27H37N3O5. The lowest BCUT2D eigenvalue weighted by Gasteiger charge is -2.27. The lowest BCUT2D eigenvalue weighted by molar-refractivity contribution is -0.116. The molecule has 190 valence electrons. The number of phenols is 1. The molecule has 0 fully saturated rings. The second-order valence-corrected chi connectivity index (χ2v) is 8.98. The summed E-state index contributed by atoms with van der Waals surface area (Å²) in [4.78, 5) is 39.0. The summed E-state index contributed by atoms with van der Waals surface area (Å²) in [7, 11) is 0. The first kappa shape index (κ1) is 20.8. The Morgan fingerprint density at radius 2 is 1.63 bits per heavy atom. The van der Waals surface area contributed by atoms with Gasteiger partial charge in [-0.1, -0.05) is 31.0 Å². The highest BCUT2D eigenvalue weighted by Crippen LogP contribution is 2.15. The van der Waals surface area contributed by atoms with E-state index in [9.17, 15) is 19.5 Å². The van der Waals surface area contributed by atoms with E-state index in [2.05, 4.69) is 10.6 Å². The van der Waals surface area contributed by atoms with Crippen LogP contribution in [0.4, 0.5) is 10.5 Å². The number of phenolic OH excluding ortho intramolecular Hbond substituents is 1. The maximum absolute atomic E-state index is 12.7. The van der Waals surface area contributed by atoms with E-state index in [1.165, 1.54) is 17.0 Å². The summed E-state index contributed by atoms with van der Waals surface area (Å²) in [5.74, 6) is -0.918. The lowest BCUT2D eigenvalue weighted by atomic mass is 10.1. The maximum Gasteiger partial charge on any atom is 0.410 e. The molecule has 0 aliphatic rings. The Morgan fingerprint density at radius 3 is 2.29 bits per heavy atom. The molecule has 0 saturated heterocycles. The summed E-state index contributed by atoms with van der Waals surface area (Å²) in [5, 5.41) is 14.7. The van der Waals surface area contributed by atoms with Gasteiger partial charge in [0.2, 0.25) is 5.91 Å². The monoisotopic (exact) mass is 488 g/mol. The number of hydrogen-bond acceptors (Lipinski definition) is 5. The molecule has 0 heterocycles. The van der Waals surface area contributed by atoms with Crippen molar-refractivity contribution in [1.29, 1.82) is 0 Å². The van der Waals surface area contributed by atoms with Gasteiger partial charge in [-0.25, -0.2) is 4.79 Å². The van der Waals surface area contributed by atoms with Gasteiger partial charge in [0.15, 0.2) is 0 Å². The Morgan fingerprint density at radius 1 is 0.971 bits per heavy atom. The van der Waals surface area contributed by atoms with E-state index in [0.29, 0.717) is 31.5 Å². The molecule has 0 spiro atoms. The number of benzene rings is 2. The van der Waals surface area contributed by atoms with Gasteiger partial charge in [-0.2, -0.15) is 0 Å². The summed E-state index contributed by atoms with van der Waals surface area (Å²) in [5.41, 5.74) is -0.541. The third-order valence-corrected chi connectivity index (χ3v) is 4.78. The van der Waals surface area contributed by atoms with Crippen LogP contribution in [0.25, 0.3) is 0 Å². The first-order chi connectivity index (χ1) is 18.7. The van der Waals surface area contributed by atoms with E-state index in [-0.39, 0.29) is 36.7 Å². The number of aromatic hydroxyl groups is 1. The highest BCUT2D eigenvalue weighted by atomic mass is 16.6. The molecule has 3 amide bonds. The number of carbonyl (C=O) groups is 3. The number of carbonyl (C=O) groups excluding carboxylic acids is 3. The molecule has 8 nitrogen and oxygen atoms in total. The van der Waals surface area contributed by atoms with E-state index in [4.69, 9.17) is 11.6 Å². The molecule has 3 N–H and O–H groups in total. The van der Waals surface area contributed by atoms with Crippen LogP contribution < -0.4 is 10.6 Å². The molecule has 0 saturated carbocycles. The fourth-order valence-electron chi connectivity index (χ4n) is 3.06. The van der Waals surface area contributed by atoms with Crippen LogP contribution in [0.15, 0.2) is 54.5 Å². The Balaban J connectivity index is 1.81. The normalized spacial score (nSPS) is 12.9. The van der Waals surface area contributed by atoms with Crippen molar-refractivity contribution in [3.05, 3.63) is 60.0 Å². The standard InChI is InChI=1S/C27H37N3O5/c1-27(2,3)35-26(34)30(20-17-24(32)29-22-13-15-23(31)16-14-22)19-10-5-4-9-18-28-25(33)21-11-7-6-8-12-21/h6-8,11-16,31H,4-5,9-10,17-20H2,1-3H3,(H,28,33)(H,29,32)/i6D,7D,8D,11D,12D. The zero-order chi connectivity index (χ0) is 30.0. The second-order valence-electron chi connectivity index (χ2n) is 8.98. The van der Waals surface area contributed by atoms with Crippen molar-refractivity contribution in [3.63, 3.8) is 0 Å². The molecule has 0 atom stereocenters.